The van der Waals surface area contributed by atoms with E-state index in [1.807, 2.05) is 13.8 Å². The number of alkyl halides is 2. The van der Waals surface area contributed by atoms with Gasteiger partial charge in [0.15, 0.2) is 5.11 Å². The fourth-order valence-corrected chi connectivity index (χ4v) is 5.16. The van der Waals surface area contributed by atoms with Crippen LogP contribution in [-0.2, 0) is 4.79 Å². The van der Waals surface area contributed by atoms with Crippen LogP contribution in [0.15, 0.2) is 36.4 Å². The Morgan fingerprint density at radius 1 is 1.00 bits per heavy atom. The predicted molar refractivity (Wildman–Crippen MR) is 139 cm³/mol. The second-order valence-electron chi connectivity index (χ2n) is 7.72. The van der Waals surface area contributed by atoms with E-state index in [-0.39, 0.29) is 21.7 Å². The molecule has 4 N–H and O–H groups in total. The Balaban J connectivity index is 1.70. The largest absolute Gasteiger partial charge is 0.359 e. The van der Waals surface area contributed by atoms with Gasteiger partial charge in [-0.25, -0.2) is 0 Å². The predicted octanol–water partition coefficient (Wildman–Crippen LogP) is 5.69. The monoisotopic (exact) mass is 566 g/mol. The lowest BCUT2D eigenvalue weighted by Crippen LogP contribution is -2.48. The van der Waals surface area contributed by atoms with Gasteiger partial charge < -0.3 is 10.6 Å². The molecule has 6 nitrogen and oxygen atoms in total. The van der Waals surface area contributed by atoms with Crippen LogP contribution >= 0.6 is 70.2 Å². The second kappa shape index (κ2) is 10.4. The van der Waals surface area contributed by atoms with Gasteiger partial charge >= 0.3 is 0 Å². The van der Waals surface area contributed by atoms with E-state index in [1.54, 1.807) is 24.3 Å². The molecular formula is C21H19Cl5N4O2S. The van der Waals surface area contributed by atoms with Gasteiger partial charge in [-0.15, -0.1) is 23.2 Å². The van der Waals surface area contributed by atoms with Crippen molar-refractivity contribution in [1.82, 2.24) is 16.2 Å². The number of rotatable bonds is 5. The number of hydrogen-bond acceptors (Lipinski definition) is 3. The summed E-state index contributed by atoms with van der Waals surface area (Å²) in [6.45, 7) is 3.81. The van der Waals surface area contributed by atoms with E-state index in [0.717, 1.165) is 0 Å². The molecule has 1 saturated carbocycles. The Bertz CT molecular complexity index is 1090. The summed E-state index contributed by atoms with van der Waals surface area (Å²) in [4.78, 5) is 25.4. The molecule has 1 aliphatic rings. The molecule has 176 valence electrons. The van der Waals surface area contributed by atoms with Gasteiger partial charge in [-0.05, 0) is 68.0 Å². The highest BCUT2D eigenvalue weighted by molar-refractivity contribution is 7.80. The first-order valence-electron chi connectivity index (χ1n) is 9.71. The quantitative estimate of drug-likeness (QED) is 0.212. The summed E-state index contributed by atoms with van der Waals surface area (Å²) in [7, 11) is 0. The molecule has 0 bridgehead atoms. The van der Waals surface area contributed by atoms with Crippen LogP contribution in [0.4, 0.5) is 5.69 Å². The van der Waals surface area contributed by atoms with Crippen LogP contribution in [0.25, 0.3) is 0 Å². The van der Waals surface area contributed by atoms with Crippen LogP contribution in [-0.4, -0.2) is 27.3 Å². The van der Waals surface area contributed by atoms with Gasteiger partial charge in [0.25, 0.3) is 5.91 Å². The van der Waals surface area contributed by atoms with Crippen molar-refractivity contribution in [2.24, 2.45) is 5.92 Å². The standard InChI is InChI=1S/C21H19Cl5N4O2S/c1-9(2)27-20(33)30-29-18(31)14-8-13(3-4-15(14)24)28-19(32)17-16(21(17,25)26)10-5-11(22)7-12(23)6-10/h3-9,16-17H,1-2H3,(H,28,32)(H,29,31)(H2,27,30,33). The highest BCUT2D eigenvalue weighted by Crippen LogP contribution is 2.65. The minimum atomic E-state index is -1.33. The lowest BCUT2D eigenvalue weighted by atomic mass is 10.1. The third-order valence-electron chi connectivity index (χ3n) is 4.77. The lowest BCUT2D eigenvalue weighted by Gasteiger charge is -2.14. The summed E-state index contributed by atoms with van der Waals surface area (Å²) in [5.74, 6) is -2.20. The number of nitrogens with one attached hydrogen (secondary N) is 4. The average Bonchev–Trinajstić information content (AvgIpc) is 3.28. The number of hydrazine groups is 1. The van der Waals surface area contributed by atoms with E-state index >= 15 is 0 Å². The van der Waals surface area contributed by atoms with E-state index in [4.69, 9.17) is 70.2 Å². The summed E-state index contributed by atoms with van der Waals surface area (Å²) < 4.78 is -1.33. The third kappa shape index (κ3) is 6.35. The maximum Gasteiger partial charge on any atom is 0.271 e. The zero-order chi connectivity index (χ0) is 24.5. The molecule has 33 heavy (non-hydrogen) atoms. The number of anilines is 1. The van der Waals surface area contributed by atoms with Gasteiger partial charge in [-0.3, -0.25) is 20.4 Å². The smallest absolute Gasteiger partial charge is 0.271 e. The first-order valence-corrected chi connectivity index (χ1v) is 12.0. The molecule has 0 aliphatic heterocycles. The van der Waals surface area contributed by atoms with Crippen molar-refractivity contribution in [3.63, 3.8) is 0 Å². The molecule has 1 fully saturated rings. The number of amides is 2. The molecular weight excluding hydrogens is 550 g/mol. The zero-order valence-corrected chi connectivity index (χ0v) is 21.9. The van der Waals surface area contributed by atoms with Gasteiger partial charge in [0.05, 0.1) is 16.5 Å². The minimum Gasteiger partial charge on any atom is -0.359 e. The molecule has 2 atom stereocenters. The molecule has 0 radical (unpaired) electrons. The van der Waals surface area contributed by atoms with Crippen LogP contribution in [0.2, 0.25) is 15.1 Å². The summed E-state index contributed by atoms with van der Waals surface area (Å²) in [5.41, 5.74) is 6.18. The normalized spacial score (nSPS) is 18.4. The van der Waals surface area contributed by atoms with E-state index in [2.05, 4.69) is 21.5 Å². The Hall–Kier alpha value is -1.48. The van der Waals surface area contributed by atoms with Crippen molar-refractivity contribution in [3.05, 3.63) is 62.6 Å². The molecule has 12 heteroatoms. The maximum absolute atomic E-state index is 12.9. The van der Waals surface area contributed by atoms with Crippen molar-refractivity contribution < 1.29 is 9.59 Å². The van der Waals surface area contributed by atoms with Gasteiger partial charge in [0.1, 0.15) is 4.33 Å². The maximum atomic E-state index is 12.9. The number of thiocarbonyl (C=S) groups is 1. The number of carbonyl (C=O) groups is 2. The second-order valence-corrected chi connectivity index (χ2v) is 10.9. The molecule has 2 unspecified atom stereocenters. The number of hydrogen-bond donors (Lipinski definition) is 4. The van der Waals surface area contributed by atoms with Crippen LogP contribution in [0, 0.1) is 5.92 Å². The van der Waals surface area contributed by atoms with E-state index in [9.17, 15) is 9.59 Å². The summed E-state index contributed by atoms with van der Waals surface area (Å²) in [5, 5.41) is 6.93. The topological polar surface area (TPSA) is 82.3 Å². The molecule has 0 heterocycles. The molecule has 2 aromatic carbocycles. The first kappa shape index (κ1) is 26.1. The van der Waals surface area contributed by atoms with Gasteiger partial charge in [-0.1, -0.05) is 34.8 Å². The van der Waals surface area contributed by atoms with Gasteiger partial charge in [0.2, 0.25) is 5.91 Å². The van der Waals surface area contributed by atoms with Crippen molar-refractivity contribution in [1.29, 1.82) is 0 Å². The Kier molecular flexibility index (Phi) is 8.25. The van der Waals surface area contributed by atoms with Crippen molar-refractivity contribution >= 4 is 92.8 Å². The highest BCUT2D eigenvalue weighted by atomic mass is 35.5. The number of carbonyl (C=O) groups excluding carboxylic acids is 2. The fourth-order valence-electron chi connectivity index (χ4n) is 3.30. The van der Waals surface area contributed by atoms with Crippen molar-refractivity contribution in [3.8, 4) is 0 Å². The molecule has 0 spiro atoms. The molecule has 2 amide bonds. The van der Waals surface area contributed by atoms with Crippen LogP contribution in [0.5, 0.6) is 0 Å². The van der Waals surface area contributed by atoms with Crippen LogP contribution in [0.1, 0.15) is 35.7 Å². The fraction of sp³-hybridized carbons (Fsp3) is 0.286. The van der Waals surface area contributed by atoms with E-state index < -0.39 is 28.0 Å². The minimum absolute atomic E-state index is 0.0919. The van der Waals surface area contributed by atoms with Crippen molar-refractivity contribution in [2.45, 2.75) is 30.1 Å². The SMILES string of the molecule is CC(C)NC(=S)NNC(=O)c1cc(NC(=O)C2C(c3cc(Cl)cc(Cl)c3)C2(Cl)Cl)ccc1Cl. The van der Waals surface area contributed by atoms with E-state index in [0.29, 0.717) is 21.3 Å². The Morgan fingerprint density at radius 3 is 2.24 bits per heavy atom. The summed E-state index contributed by atoms with van der Waals surface area (Å²) in [6.07, 6.45) is 0. The zero-order valence-electron chi connectivity index (χ0n) is 17.3. The summed E-state index contributed by atoms with van der Waals surface area (Å²) >= 11 is 36.2. The van der Waals surface area contributed by atoms with Crippen LogP contribution < -0.4 is 21.5 Å². The van der Waals surface area contributed by atoms with Gasteiger partial charge in [-0.2, -0.15) is 0 Å². The molecule has 3 rings (SSSR count). The third-order valence-corrected chi connectivity index (χ3v) is 6.69. The molecule has 0 saturated heterocycles. The molecule has 1 aliphatic carbocycles. The van der Waals surface area contributed by atoms with Crippen molar-refractivity contribution in [2.75, 3.05) is 5.32 Å². The summed E-state index contributed by atoms with van der Waals surface area (Å²) in [6, 6.07) is 9.50. The Morgan fingerprint density at radius 2 is 1.64 bits per heavy atom. The van der Waals surface area contributed by atoms with Crippen LogP contribution in [0.3, 0.4) is 0 Å². The Labute approximate surface area is 221 Å². The number of halogens is 5. The molecule has 2 aromatic rings. The lowest BCUT2D eigenvalue weighted by molar-refractivity contribution is -0.117. The van der Waals surface area contributed by atoms with Gasteiger partial charge in [0, 0.05) is 27.7 Å². The average molecular weight is 569 g/mol. The van der Waals surface area contributed by atoms with E-state index in [1.165, 1.54) is 12.1 Å². The first-order chi connectivity index (χ1) is 15.4. The molecule has 0 aromatic heterocycles. The highest BCUT2D eigenvalue weighted by Gasteiger charge is 2.67. The number of benzene rings is 2.